The van der Waals surface area contributed by atoms with E-state index in [4.69, 9.17) is 11.6 Å². The number of imidazole rings is 1. The Bertz CT molecular complexity index is 633. The standard InChI is InChI=1S/C13H16ClN5O/c1-8-11(12(14)18(2)17-8)10-4-3-5-19(10)13(20)9-6-15-7-16-9/h6-7,10H,3-5H2,1-2H3,(H,15,16)/t10-/m0/s1. The van der Waals surface area contributed by atoms with Crippen LogP contribution in [0.4, 0.5) is 0 Å². The van der Waals surface area contributed by atoms with Gasteiger partial charge in [0, 0.05) is 19.2 Å². The van der Waals surface area contributed by atoms with E-state index < -0.39 is 0 Å². The number of hydrogen-bond acceptors (Lipinski definition) is 3. The van der Waals surface area contributed by atoms with Crippen molar-refractivity contribution in [3.63, 3.8) is 0 Å². The number of aromatic nitrogens is 4. The van der Waals surface area contributed by atoms with Crippen LogP contribution < -0.4 is 0 Å². The third-order valence-electron chi connectivity index (χ3n) is 3.77. The first kappa shape index (κ1) is 13.2. The fraction of sp³-hybridized carbons (Fsp3) is 0.462. The van der Waals surface area contributed by atoms with Gasteiger partial charge in [-0.15, -0.1) is 0 Å². The number of rotatable bonds is 2. The van der Waals surface area contributed by atoms with Gasteiger partial charge in [-0.3, -0.25) is 9.48 Å². The molecule has 0 unspecified atom stereocenters. The number of aryl methyl sites for hydroxylation is 2. The predicted octanol–water partition coefficient (Wildman–Crippen LogP) is 2.08. The van der Waals surface area contributed by atoms with Crippen LogP contribution in [0, 0.1) is 6.92 Å². The quantitative estimate of drug-likeness (QED) is 0.922. The molecule has 6 nitrogen and oxygen atoms in total. The summed E-state index contributed by atoms with van der Waals surface area (Å²) in [5.41, 5.74) is 2.35. The summed E-state index contributed by atoms with van der Waals surface area (Å²) in [6.07, 6.45) is 4.94. The molecule has 0 radical (unpaired) electrons. The highest BCUT2D eigenvalue weighted by molar-refractivity contribution is 6.30. The summed E-state index contributed by atoms with van der Waals surface area (Å²) < 4.78 is 1.66. The Hall–Kier alpha value is -1.82. The minimum Gasteiger partial charge on any atom is -0.341 e. The summed E-state index contributed by atoms with van der Waals surface area (Å²) in [6.45, 7) is 2.66. The van der Waals surface area contributed by atoms with Gasteiger partial charge in [0.1, 0.15) is 10.8 Å². The van der Waals surface area contributed by atoms with E-state index in [0.717, 1.165) is 30.6 Å². The van der Waals surface area contributed by atoms with E-state index in [1.807, 2.05) is 18.9 Å². The first-order valence-corrected chi connectivity index (χ1v) is 6.95. The number of nitrogens with one attached hydrogen (secondary N) is 1. The molecule has 0 bridgehead atoms. The van der Waals surface area contributed by atoms with E-state index >= 15 is 0 Å². The lowest BCUT2D eigenvalue weighted by atomic mass is 10.1. The van der Waals surface area contributed by atoms with Crippen molar-refractivity contribution in [1.29, 1.82) is 0 Å². The van der Waals surface area contributed by atoms with Crippen molar-refractivity contribution >= 4 is 17.5 Å². The number of amides is 1. The van der Waals surface area contributed by atoms with Gasteiger partial charge in [-0.05, 0) is 19.8 Å². The minimum atomic E-state index is -0.0377. The molecule has 0 aromatic carbocycles. The highest BCUT2D eigenvalue weighted by Crippen LogP contribution is 2.38. The van der Waals surface area contributed by atoms with Gasteiger partial charge in [-0.2, -0.15) is 5.10 Å². The average Bonchev–Trinajstić information content (AvgIpc) is 3.12. The van der Waals surface area contributed by atoms with E-state index in [0.29, 0.717) is 10.8 Å². The van der Waals surface area contributed by atoms with Crippen LogP contribution in [-0.2, 0) is 7.05 Å². The van der Waals surface area contributed by atoms with Crippen LogP contribution in [0.2, 0.25) is 5.15 Å². The Morgan fingerprint density at radius 2 is 2.35 bits per heavy atom. The van der Waals surface area contributed by atoms with Gasteiger partial charge in [0.25, 0.3) is 5.91 Å². The molecule has 1 saturated heterocycles. The first-order valence-electron chi connectivity index (χ1n) is 6.58. The van der Waals surface area contributed by atoms with Gasteiger partial charge < -0.3 is 9.88 Å². The van der Waals surface area contributed by atoms with E-state index in [9.17, 15) is 4.79 Å². The Morgan fingerprint density at radius 1 is 1.55 bits per heavy atom. The highest BCUT2D eigenvalue weighted by atomic mass is 35.5. The molecule has 1 amide bonds. The van der Waals surface area contributed by atoms with Crippen molar-refractivity contribution < 1.29 is 4.79 Å². The van der Waals surface area contributed by atoms with Crippen molar-refractivity contribution in [1.82, 2.24) is 24.6 Å². The molecule has 1 atom stereocenters. The smallest absolute Gasteiger partial charge is 0.272 e. The second-order valence-electron chi connectivity index (χ2n) is 5.04. The van der Waals surface area contributed by atoms with Gasteiger partial charge in [-0.1, -0.05) is 11.6 Å². The van der Waals surface area contributed by atoms with E-state index in [2.05, 4.69) is 15.1 Å². The Kier molecular flexibility index (Phi) is 3.25. The summed E-state index contributed by atoms with van der Waals surface area (Å²) in [7, 11) is 1.81. The van der Waals surface area contributed by atoms with E-state index in [1.54, 1.807) is 10.9 Å². The fourth-order valence-electron chi connectivity index (χ4n) is 2.86. The zero-order valence-corrected chi connectivity index (χ0v) is 12.2. The minimum absolute atomic E-state index is 0.00741. The van der Waals surface area contributed by atoms with Gasteiger partial charge in [0.2, 0.25) is 0 Å². The van der Waals surface area contributed by atoms with Gasteiger partial charge in [0.15, 0.2) is 0 Å². The third-order valence-corrected chi connectivity index (χ3v) is 4.22. The summed E-state index contributed by atoms with van der Waals surface area (Å²) in [5, 5.41) is 4.95. The monoisotopic (exact) mass is 293 g/mol. The second-order valence-corrected chi connectivity index (χ2v) is 5.39. The van der Waals surface area contributed by atoms with E-state index in [-0.39, 0.29) is 11.9 Å². The molecule has 106 valence electrons. The molecule has 7 heteroatoms. The molecule has 1 fully saturated rings. The lowest BCUT2D eigenvalue weighted by Crippen LogP contribution is -2.31. The number of hydrogen-bond donors (Lipinski definition) is 1. The van der Waals surface area contributed by atoms with Crippen LogP contribution in [0.5, 0.6) is 0 Å². The van der Waals surface area contributed by atoms with Crippen molar-refractivity contribution in [2.45, 2.75) is 25.8 Å². The van der Waals surface area contributed by atoms with Gasteiger partial charge in [-0.25, -0.2) is 4.98 Å². The SMILES string of the molecule is Cc1nn(C)c(Cl)c1[C@@H]1CCCN1C(=O)c1cnc[nH]1. The largest absolute Gasteiger partial charge is 0.341 e. The van der Waals surface area contributed by atoms with Crippen LogP contribution in [0.15, 0.2) is 12.5 Å². The first-order chi connectivity index (χ1) is 9.59. The number of carbonyl (C=O) groups is 1. The van der Waals surface area contributed by atoms with Crippen LogP contribution in [-0.4, -0.2) is 37.1 Å². The molecule has 1 aliphatic heterocycles. The number of aromatic amines is 1. The Labute approximate surface area is 121 Å². The maximum atomic E-state index is 12.5. The van der Waals surface area contributed by atoms with Crippen molar-refractivity contribution in [3.05, 3.63) is 34.6 Å². The highest BCUT2D eigenvalue weighted by Gasteiger charge is 2.34. The maximum absolute atomic E-state index is 12.5. The molecule has 0 aliphatic carbocycles. The lowest BCUT2D eigenvalue weighted by Gasteiger charge is -2.24. The van der Waals surface area contributed by atoms with Crippen molar-refractivity contribution in [2.75, 3.05) is 6.54 Å². The average molecular weight is 294 g/mol. The molecule has 0 saturated carbocycles. The van der Waals surface area contributed by atoms with Crippen molar-refractivity contribution in [3.8, 4) is 0 Å². The topological polar surface area (TPSA) is 66.8 Å². The molecule has 20 heavy (non-hydrogen) atoms. The van der Waals surface area contributed by atoms with Crippen LogP contribution in [0.3, 0.4) is 0 Å². The van der Waals surface area contributed by atoms with Crippen molar-refractivity contribution in [2.24, 2.45) is 7.05 Å². The van der Waals surface area contributed by atoms with Crippen LogP contribution in [0.25, 0.3) is 0 Å². The van der Waals surface area contributed by atoms with Gasteiger partial charge in [0.05, 0.1) is 24.3 Å². The Balaban J connectivity index is 1.95. The molecule has 3 heterocycles. The van der Waals surface area contributed by atoms with Crippen LogP contribution in [0.1, 0.15) is 40.6 Å². The summed E-state index contributed by atoms with van der Waals surface area (Å²) in [4.78, 5) is 21.1. The lowest BCUT2D eigenvalue weighted by molar-refractivity contribution is 0.0730. The third kappa shape index (κ3) is 2.00. The summed E-state index contributed by atoms with van der Waals surface area (Å²) in [5.74, 6) is -0.0377. The zero-order valence-electron chi connectivity index (χ0n) is 11.4. The fourth-order valence-corrected chi connectivity index (χ4v) is 3.16. The van der Waals surface area contributed by atoms with Crippen LogP contribution >= 0.6 is 11.6 Å². The van der Waals surface area contributed by atoms with E-state index in [1.165, 1.54) is 6.33 Å². The predicted molar refractivity (Wildman–Crippen MR) is 74.6 cm³/mol. The zero-order chi connectivity index (χ0) is 14.3. The number of halogens is 1. The number of carbonyl (C=O) groups excluding carboxylic acids is 1. The molecule has 2 aromatic heterocycles. The molecule has 3 rings (SSSR count). The molecule has 2 aromatic rings. The number of H-pyrrole nitrogens is 1. The normalized spacial score (nSPS) is 18.8. The van der Waals surface area contributed by atoms with Gasteiger partial charge >= 0.3 is 0 Å². The number of likely N-dealkylation sites (tertiary alicyclic amines) is 1. The second kappa shape index (κ2) is 4.94. The maximum Gasteiger partial charge on any atom is 0.272 e. The molecular formula is C13H16ClN5O. The summed E-state index contributed by atoms with van der Waals surface area (Å²) >= 11 is 6.33. The summed E-state index contributed by atoms with van der Waals surface area (Å²) in [6, 6.07) is -0.00741. The Morgan fingerprint density at radius 3 is 2.95 bits per heavy atom. The molecule has 0 spiro atoms. The number of nitrogens with zero attached hydrogens (tertiary/aromatic N) is 4. The molecular weight excluding hydrogens is 278 g/mol. The molecule has 1 aliphatic rings. The molecule has 1 N–H and O–H groups in total.